The van der Waals surface area contributed by atoms with Crippen LogP contribution in [0, 0.1) is 11.3 Å². The number of nitrogens with zero attached hydrogens (tertiary/aromatic N) is 3. The van der Waals surface area contributed by atoms with Gasteiger partial charge in [-0.25, -0.2) is 9.78 Å². The van der Waals surface area contributed by atoms with Gasteiger partial charge in [0.2, 0.25) is 5.91 Å². The summed E-state index contributed by atoms with van der Waals surface area (Å²) in [6.45, 7) is 3.33. The van der Waals surface area contributed by atoms with Crippen molar-refractivity contribution < 1.29 is 19.4 Å². The van der Waals surface area contributed by atoms with Gasteiger partial charge in [0.25, 0.3) is 0 Å². The predicted octanol–water partition coefficient (Wildman–Crippen LogP) is 4.22. The van der Waals surface area contributed by atoms with Gasteiger partial charge in [-0.2, -0.15) is 5.26 Å². The van der Waals surface area contributed by atoms with Gasteiger partial charge in [-0.3, -0.25) is 9.69 Å². The summed E-state index contributed by atoms with van der Waals surface area (Å²) >= 11 is 0. The van der Waals surface area contributed by atoms with Gasteiger partial charge < -0.3 is 20.5 Å². The van der Waals surface area contributed by atoms with E-state index in [9.17, 15) is 20.0 Å². The molecule has 9 nitrogen and oxygen atoms in total. The first-order valence-corrected chi connectivity index (χ1v) is 14.6. The lowest BCUT2D eigenvalue weighted by Gasteiger charge is -2.24. The molecule has 3 aromatic rings. The van der Waals surface area contributed by atoms with Gasteiger partial charge in [0.15, 0.2) is 0 Å². The number of anilines is 1. The summed E-state index contributed by atoms with van der Waals surface area (Å²) in [5.41, 5.74) is 3.34. The number of fused-ring (bicyclic) bond motifs is 1. The highest BCUT2D eigenvalue weighted by atomic mass is 16.5. The molecule has 0 saturated heterocycles. The molecule has 2 heterocycles. The second kappa shape index (κ2) is 16.1. The van der Waals surface area contributed by atoms with Crippen LogP contribution in [-0.4, -0.2) is 65.7 Å². The number of carbonyl (C=O) groups is 2. The van der Waals surface area contributed by atoms with Crippen LogP contribution >= 0.6 is 0 Å². The van der Waals surface area contributed by atoms with Gasteiger partial charge in [0.1, 0.15) is 24.2 Å². The molecule has 1 aromatic heterocycles. The van der Waals surface area contributed by atoms with Gasteiger partial charge in [-0.1, -0.05) is 42.5 Å². The lowest BCUT2D eigenvalue weighted by Crippen LogP contribution is -2.44. The molecule has 4 rings (SSSR count). The van der Waals surface area contributed by atoms with Crippen molar-refractivity contribution in [2.45, 2.75) is 51.0 Å². The summed E-state index contributed by atoms with van der Waals surface area (Å²) in [5, 5.41) is 25.2. The SMILES string of the molecule is N#Cc1ccccc1CC(=O)NC(CCN(CCCCc1ccc2c(n1)NCCC2)CCOc1ccccc1)C(=O)O. The average molecular weight is 570 g/mol. The normalized spacial score (nSPS) is 13.0. The highest BCUT2D eigenvalue weighted by molar-refractivity contribution is 5.85. The second-order valence-electron chi connectivity index (χ2n) is 10.5. The summed E-state index contributed by atoms with van der Waals surface area (Å²) in [6.07, 6.45) is 5.17. The number of nitriles is 1. The van der Waals surface area contributed by atoms with E-state index in [0.717, 1.165) is 62.5 Å². The Labute approximate surface area is 247 Å². The molecule has 3 N–H and O–H groups in total. The number of amides is 1. The summed E-state index contributed by atoms with van der Waals surface area (Å²) < 4.78 is 5.90. The van der Waals surface area contributed by atoms with Crippen molar-refractivity contribution in [2.24, 2.45) is 0 Å². The molecule has 1 amide bonds. The predicted molar refractivity (Wildman–Crippen MR) is 161 cm³/mol. The standard InChI is InChI=1S/C33H39N5O4/c34-24-27-10-5-4-9-26(27)23-31(39)37-30(33(40)41)17-20-38(21-22-42-29-13-2-1-3-14-29)19-7-6-12-28-16-15-25-11-8-18-35-32(25)36-28/h1-5,9-10,13-16,30H,6-8,11-12,17-23H2,(H,35,36)(H,37,39)(H,40,41). The number of carbonyl (C=O) groups excluding carboxylic acids is 1. The summed E-state index contributed by atoms with van der Waals surface area (Å²) in [6, 6.07) is 21.8. The van der Waals surface area contributed by atoms with Crippen LogP contribution in [0.15, 0.2) is 66.7 Å². The second-order valence-corrected chi connectivity index (χ2v) is 10.5. The molecule has 0 aliphatic carbocycles. The number of aromatic nitrogens is 1. The number of carboxylic acids is 1. The first kappa shape index (κ1) is 30.5. The van der Waals surface area contributed by atoms with Crippen molar-refractivity contribution in [3.05, 3.63) is 89.1 Å². The van der Waals surface area contributed by atoms with Crippen molar-refractivity contribution in [1.29, 1.82) is 5.26 Å². The van der Waals surface area contributed by atoms with Crippen LogP contribution in [0.4, 0.5) is 5.82 Å². The number of aryl methyl sites for hydroxylation is 2. The number of hydrogen-bond acceptors (Lipinski definition) is 7. The minimum absolute atomic E-state index is 0.0472. The molecule has 0 radical (unpaired) electrons. The Kier molecular flexibility index (Phi) is 11.7. The highest BCUT2D eigenvalue weighted by Gasteiger charge is 2.22. The minimum atomic E-state index is -1.08. The van der Waals surface area contributed by atoms with Gasteiger partial charge in [-0.15, -0.1) is 0 Å². The van der Waals surface area contributed by atoms with E-state index in [4.69, 9.17) is 9.72 Å². The molecular formula is C33H39N5O4. The Morgan fingerprint density at radius 2 is 1.86 bits per heavy atom. The van der Waals surface area contributed by atoms with E-state index in [0.29, 0.717) is 30.8 Å². The third-order valence-electron chi connectivity index (χ3n) is 7.38. The Hall–Kier alpha value is -4.42. The molecule has 1 unspecified atom stereocenters. The Morgan fingerprint density at radius 3 is 2.67 bits per heavy atom. The number of pyridine rings is 1. The number of nitrogens with one attached hydrogen (secondary N) is 2. The zero-order chi connectivity index (χ0) is 29.6. The van der Waals surface area contributed by atoms with Crippen LogP contribution in [0.25, 0.3) is 0 Å². The smallest absolute Gasteiger partial charge is 0.326 e. The molecule has 1 atom stereocenters. The van der Waals surface area contributed by atoms with Crippen LogP contribution < -0.4 is 15.4 Å². The maximum absolute atomic E-state index is 12.7. The Bertz CT molecular complexity index is 1360. The number of unbranched alkanes of at least 4 members (excludes halogenated alkanes) is 1. The molecule has 9 heteroatoms. The molecule has 2 aromatic carbocycles. The van der Waals surface area contributed by atoms with E-state index >= 15 is 0 Å². The van der Waals surface area contributed by atoms with Crippen LogP contribution in [0.3, 0.4) is 0 Å². The summed E-state index contributed by atoms with van der Waals surface area (Å²) in [7, 11) is 0. The number of hydrogen-bond donors (Lipinski definition) is 3. The largest absolute Gasteiger partial charge is 0.492 e. The average Bonchev–Trinajstić information content (AvgIpc) is 3.01. The molecule has 0 bridgehead atoms. The number of rotatable bonds is 16. The molecule has 1 aliphatic heterocycles. The lowest BCUT2D eigenvalue weighted by molar-refractivity contribution is -0.142. The molecule has 0 fully saturated rings. The molecule has 0 saturated carbocycles. The van der Waals surface area contributed by atoms with Gasteiger partial charge in [0, 0.05) is 25.3 Å². The monoisotopic (exact) mass is 569 g/mol. The number of para-hydroxylation sites is 1. The number of ether oxygens (including phenoxy) is 1. The number of carboxylic acid groups (broad SMARTS) is 1. The highest BCUT2D eigenvalue weighted by Crippen LogP contribution is 2.20. The lowest BCUT2D eigenvalue weighted by atomic mass is 10.0. The first-order valence-electron chi connectivity index (χ1n) is 14.6. The van der Waals surface area contributed by atoms with Crippen LogP contribution in [0.1, 0.15) is 48.1 Å². The summed E-state index contributed by atoms with van der Waals surface area (Å²) in [5.74, 6) is 0.301. The van der Waals surface area contributed by atoms with E-state index in [1.807, 2.05) is 30.3 Å². The maximum Gasteiger partial charge on any atom is 0.326 e. The van der Waals surface area contributed by atoms with Gasteiger partial charge in [-0.05, 0) is 80.5 Å². The van der Waals surface area contributed by atoms with Crippen molar-refractivity contribution in [2.75, 3.05) is 38.1 Å². The molecule has 1 aliphatic rings. The minimum Gasteiger partial charge on any atom is -0.492 e. The fourth-order valence-electron chi connectivity index (χ4n) is 5.07. The molecule has 220 valence electrons. The fourth-order valence-corrected chi connectivity index (χ4v) is 5.07. The third kappa shape index (κ3) is 9.60. The summed E-state index contributed by atoms with van der Waals surface area (Å²) in [4.78, 5) is 31.7. The fraction of sp³-hybridized carbons (Fsp3) is 0.394. The van der Waals surface area contributed by atoms with Crippen molar-refractivity contribution >= 4 is 17.7 Å². The van der Waals surface area contributed by atoms with Crippen LogP contribution in [-0.2, 0) is 28.9 Å². The zero-order valence-corrected chi connectivity index (χ0v) is 23.9. The van der Waals surface area contributed by atoms with Crippen molar-refractivity contribution in [3.63, 3.8) is 0 Å². The Balaban J connectivity index is 1.29. The van der Waals surface area contributed by atoms with Gasteiger partial charge in [0.05, 0.1) is 18.1 Å². The van der Waals surface area contributed by atoms with Crippen molar-refractivity contribution in [3.8, 4) is 11.8 Å². The van der Waals surface area contributed by atoms with Crippen molar-refractivity contribution in [1.82, 2.24) is 15.2 Å². The van der Waals surface area contributed by atoms with E-state index in [-0.39, 0.29) is 12.8 Å². The molecule has 0 spiro atoms. The number of benzene rings is 2. The number of aliphatic carboxylic acids is 1. The van der Waals surface area contributed by atoms with Crippen LogP contribution in [0.2, 0.25) is 0 Å². The van der Waals surface area contributed by atoms with Gasteiger partial charge >= 0.3 is 5.97 Å². The zero-order valence-electron chi connectivity index (χ0n) is 23.9. The van der Waals surface area contributed by atoms with Crippen LogP contribution in [0.5, 0.6) is 5.75 Å². The molecule has 42 heavy (non-hydrogen) atoms. The Morgan fingerprint density at radius 1 is 1.05 bits per heavy atom. The van der Waals surface area contributed by atoms with E-state index < -0.39 is 17.9 Å². The van der Waals surface area contributed by atoms with E-state index in [1.54, 1.807) is 24.3 Å². The van der Waals surface area contributed by atoms with E-state index in [1.165, 1.54) is 5.56 Å². The van der Waals surface area contributed by atoms with E-state index in [2.05, 4.69) is 33.7 Å². The quantitative estimate of drug-likeness (QED) is 0.219. The first-order chi connectivity index (χ1) is 20.5. The molecular weight excluding hydrogens is 530 g/mol. The topological polar surface area (TPSA) is 128 Å². The third-order valence-corrected chi connectivity index (χ3v) is 7.38. The maximum atomic E-state index is 12.7.